The first-order valence-electron chi connectivity index (χ1n) is 7.55. The molecule has 0 saturated heterocycles. The van der Waals surface area contributed by atoms with Gasteiger partial charge in [-0.2, -0.15) is 0 Å². The number of hydrogen-bond acceptors (Lipinski definition) is 2. The molecule has 20 heavy (non-hydrogen) atoms. The molecule has 1 aliphatic carbocycles. The Kier molecular flexibility index (Phi) is 3.50. The molecule has 2 aromatic rings. The van der Waals surface area contributed by atoms with E-state index in [4.69, 9.17) is 5.73 Å². The van der Waals surface area contributed by atoms with Crippen molar-refractivity contribution in [3.05, 3.63) is 29.8 Å². The highest BCUT2D eigenvalue weighted by Gasteiger charge is 2.29. The Morgan fingerprint density at radius 2 is 2.05 bits per heavy atom. The number of aryl methyl sites for hydroxylation is 1. The van der Waals surface area contributed by atoms with Crippen LogP contribution in [0.5, 0.6) is 0 Å². The number of fused-ring (bicyclic) bond motifs is 1. The summed E-state index contributed by atoms with van der Waals surface area (Å²) in [6, 6.07) is 4.82. The van der Waals surface area contributed by atoms with Crippen molar-refractivity contribution in [1.82, 2.24) is 9.55 Å². The van der Waals surface area contributed by atoms with E-state index >= 15 is 0 Å². The van der Waals surface area contributed by atoms with Crippen LogP contribution in [0.3, 0.4) is 0 Å². The van der Waals surface area contributed by atoms with Gasteiger partial charge in [-0.3, -0.25) is 0 Å². The summed E-state index contributed by atoms with van der Waals surface area (Å²) >= 11 is 0. The zero-order chi connectivity index (χ0) is 14.2. The van der Waals surface area contributed by atoms with Crippen LogP contribution in [0, 0.1) is 5.82 Å². The van der Waals surface area contributed by atoms with E-state index in [1.165, 1.54) is 31.4 Å². The summed E-state index contributed by atoms with van der Waals surface area (Å²) in [5.74, 6) is 0.766. The maximum absolute atomic E-state index is 13.3. The molecule has 1 aliphatic rings. The SMILES string of the molecule is CCn1c(CC2(N)CCCCC2)nc2cc(F)ccc21. The van der Waals surface area contributed by atoms with E-state index in [0.717, 1.165) is 42.7 Å². The predicted molar refractivity (Wildman–Crippen MR) is 79.1 cm³/mol. The monoisotopic (exact) mass is 275 g/mol. The van der Waals surface area contributed by atoms with Gasteiger partial charge in [-0.05, 0) is 31.9 Å². The lowest BCUT2D eigenvalue weighted by Gasteiger charge is -2.33. The van der Waals surface area contributed by atoms with Crippen molar-refractivity contribution in [3.63, 3.8) is 0 Å². The van der Waals surface area contributed by atoms with Crippen LogP contribution in [0.2, 0.25) is 0 Å². The quantitative estimate of drug-likeness (QED) is 0.933. The molecule has 1 aromatic carbocycles. The van der Waals surface area contributed by atoms with Crippen LogP contribution in [0.15, 0.2) is 18.2 Å². The second-order valence-corrected chi connectivity index (χ2v) is 6.01. The summed E-state index contributed by atoms with van der Waals surface area (Å²) in [5, 5.41) is 0. The molecule has 0 bridgehead atoms. The molecule has 4 heteroatoms. The second kappa shape index (κ2) is 5.17. The highest BCUT2D eigenvalue weighted by Crippen LogP contribution is 2.30. The lowest BCUT2D eigenvalue weighted by Crippen LogP contribution is -2.44. The van der Waals surface area contributed by atoms with Crippen molar-refractivity contribution in [2.45, 2.75) is 57.5 Å². The van der Waals surface area contributed by atoms with Crippen molar-refractivity contribution in [1.29, 1.82) is 0 Å². The Bertz CT molecular complexity index is 611. The van der Waals surface area contributed by atoms with Gasteiger partial charge in [0, 0.05) is 24.6 Å². The van der Waals surface area contributed by atoms with Gasteiger partial charge in [0.2, 0.25) is 0 Å². The number of benzene rings is 1. The molecule has 2 N–H and O–H groups in total. The Morgan fingerprint density at radius 3 is 2.75 bits per heavy atom. The molecule has 0 amide bonds. The molecule has 1 fully saturated rings. The Balaban J connectivity index is 1.98. The molecule has 0 radical (unpaired) electrons. The molecule has 0 unspecified atom stereocenters. The predicted octanol–water partition coefficient (Wildman–Crippen LogP) is 3.40. The van der Waals surface area contributed by atoms with Gasteiger partial charge < -0.3 is 10.3 Å². The van der Waals surface area contributed by atoms with Crippen molar-refractivity contribution >= 4 is 11.0 Å². The number of rotatable bonds is 3. The molecule has 1 saturated carbocycles. The van der Waals surface area contributed by atoms with E-state index < -0.39 is 0 Å². The van der Waals surface area contributed by atoms with Gasteiger partial charge in [0.25, 0.3) is 0 Å². The molecular weight excluding hydrogens is 253 g/mol. The highest BCUT2D eigenvalue weighted by atomic mass is 19.1. The molecule has 1 heterocycles. The molecular formula is C16H22FN3. The standard InChI is InChI=1S/C16H22FN3/c1-2-20-14-7-6-12(17)10-13(14)19-15(20)11-16(18)8-4-3-5-9-16/h6-7,10H,2-5,8-9,11,18H2,1H3. The minimum Gasteiger partial charge on any atom is -0.328 e. The van der Waals surface area contributed by atoms with Crippen LogP contribution in [-0.2, 0) is 13.0 Å². The average molecular weight is 275 g/mol. The van der Waals surface area contributed by atoms with Crippen LogP contribution in [-0.4, -0.2) is 15.1 Å². The molecule has 108 valence electrons. The van der Waals surface area contributed by atoms with Gasteiger partial charge in [-0.25, -0.2) is 9.37 Å². The minimum absolute atomic E-state index is 0.134. The third-order valence-electron chi connectivity index (χ3n) is 4.47. The lowest BCUT2D eigenvalue weighted by atomic mass is 9.80. The van der Waals surface area contributed by atoms with Gasteiger partial charge in [-0.1, -0.05) is 19.3 Å². The third-order valence-corrected chi connectivity index (χ3v) is 4.47. The zero-order valence-electron chi connectivity index (χ0n) is 12.0. The number of imidazole rings is 1. The molecule has 3 rings (SSSR count). The summed E-state index contributed by atoms with van der Waals surface area (Å²) in [7, 11) is 0. The number of halogens is 1. The smallest absolute Gasteiger partial charge is 0.125 e. The van der Waals surface area contributed by atoms with E-state index in [9.17, 15) is 4.39 Å². The van der Waals surface area contributed by atoms with Crippen molar-refractivity contribution < 1.29 is 4.39 Å². The Morgan fingerprint density at radius 1 is 1.30 bits per heavy atom. The number of aromatic nitrogens is 2. The molecule has 0 atom stereocenters. The first kappa shape index (κ1) is 13.6. The topological polar surface area (TPSA) is 43.8 Å². The van der Waals surface area contributed by atoms with Gasteiger partial charge in [0.05, 0.1) is 11.0 Å². The maximum Gasteiger partial charge on any atom is 0.125 e. The van der Waals surface area contributed by atoms with Crippen LogP contribution < -0.4 is 5.73 Å². The number of nitrogens with zero attached hydrogens (tertiary/aromatic N) is 2. The van der Waals surface area contributed by atoms with E-state index in [2.05, 4.69) is 16.5 Å². The minimum atomic E-state index is -0.232. The van der Waals surface area contributed by atoms with Gasteiger partial charge >= 0.3 is 0 Å². The normalized spacial score (nSPS) is 18.6. The first-order valence-corrected chi connectivity index (χ1v) is 7.55. The molecule has 3 nitrogen and oxygen atoms in total. The summed E-state index contributed by atoms with van der Waals surface area (Å²) in [6.45, 7) is 2.94. The number of hydrogen-bond donors (Lipinski definition) is 1. The molecule has 0 aliphatic heterocycles. The Labute approximate surface area is 119 Å². The van der Waals surface area contributed by atoms with Crippen molar-refractivity contribution in [3.8, 4) is 0 Å². The van der Waals surface area contributed by atoms with Gasteiger partial charge in [0.15, 0.2) is 0 Å². The first-order chi connectivity index (χ1) is 9.61. The van der Waals surface area contributed by atoms with Crippen LogP contribution >= 0.6 is 0 Å². The van der Waals surface area contributed by atoms with E-state index in [1.54, 1.807) is 0 Å². The summed E-state index contributed by atoms with van der Waals surface area (Å²) in [5.41, 5.74) is 8.15. The van der Waals surface area contributed by atoms with Crippen molar-refractivity contribution in [2.75, 3.05) is 0 Å². The third kappa shape index (κ3) is 2.44. The molecule has 0 spiro atoms. The van der Waals surface area contributed by atoms with Crippen LogP contribution in [0.1, 0.15) is 44.9 Å². The maximum atomic E-state index is 13.3. The summed E-state index contributed by atoms with van der Waals surface area (Å²) in [4.78, 5) is 4.63. The lowest BCUT2D eigenvalue weighted by molar-refractivity contribution is 0.287. The summed E-state index contributed by atoms with van der Waals surface area (Å²) < 4.78 is 15.5. The fourth-order valence-electron chi connectivity index (χ4n) is 3.39. The van der Waals surface area contributed by atoms with Crippen LogP contribution in [0.25, 0.3) is 11.0 Å². The average Bonchev–Trinajstić information content (AvgIpc) is 2.74. The molecule has 1 aromatic heterocycles. The van der Waals surface area contributed by atoms with Gasteiger partial charge in [0.1, 0.15) is 11.6 Å². The second-order valence-electron chi connectivity index (χ2n) is 6.01. The van der Waals surface area contributed by atoms with E-state index in [0.29, 0.717) is 0 Å². The number of nitrogens with two attached hydrogens (primary N) is 1. The van der Waals surface area contributed by atoms with E-state index in [-0.39, 0.29) is 11.4 Å². The summed E-state index contributed by atoms with van der Waals surface area (Å²) in [6.07, 6.45) is 6.61. The highest BCUT2D eigenvalue weighted by molar-refractivity contribution is 5.76. The fraction of sp³-hybridized carbons (Fsp3) is 0.562. The largest absolute Gasteiger partial charge is 0.328 e. The van der Waals surface area contributed by atoms with Crippen LogP contribution in [0.4, 0.5) is 4.39 Å². The fourth-order valence-corrected chi connectivity index (χ4v) is 3.39. The zero-order valence-corrected chi connectivity index (χ0v) is 12.0. The van der Waals surface area contributed by atoms with E-state index in [1.807, 2.05) is 6.07 Å². The van der Waals surface area contributed by atoms with Gasteiger partial charge in [-0.15, -0.1) is 0 Å². The van der Waals surface area contributed by atoms with Crippen molar-refractivity contribution in [2.24, 2.45) is 5.73 Å². The Hall–Kier alpha value is -1.42.